The average molecular weight is 206 g/mol. The largest absolute Gasteiger partial charge is 0.873 e. The zero-order valence-corrected chi connectivity index (χ0v) is 9.51. The normalized spacial score (nSPS) is 10.5. The third-order valence-corrected chi connectivity index (χ3v) is 2.69. The van der Waals surface area contributed by atoms with Crippen LogP contribution in [0.15, 0.2) is 12.1 Å². The lowest BCUT2D eigenvalue weighted by atomic mass is 10.0. The van der Waals surface area contributed by atoms with Crippen LogP contribution in [-0.4, -0.2) is 0 Å². The van der Waals surface area contributed by atoms with Crippen molar-refractivity contribution in [3.8, 4) is 11.5 Å². The van der Waals surface area contributed by atoms with Crippen LogP contribution in [0.2, 0.25) is 0 Å². The van der Waals surface area contributed by atoms with E-state index in [9.17, 15) is 10.2 Å². The summed E-state index contributed by atoms with van der Waals surface area (Å²) in [7, 11) is 0. The molecule has 0 bridgehead atoms. The summed E-state index contributed by atoms with van der Waals surface area (Å²) in [5.41, 5.74) is 1.24. The Morgan fingerprint density at radius 3 is 2.40 bits per heavy atom. The van der Waals surface area contributed by atoms with E-state index in [1.165, 1.54) is 12.8 Å². The van der Waals surface area contributed by atoms with E-state index in [2.05, 4.69) is 6.92 Å². The van der Waals surface area contributed by atoms with Gasteiger partial charge in [0.15, 0.2) is 0 Å². The molecule has 2 nitrogen and oxygen atoms in total. The summed E-state index contributed by atoms with van der Waals surface area (Å²) in [6.07, 6.45) is 5.27. The van der Waals surface area contributed by atoms with Gasteiger partial charge in [0.1, 0.15) is 0 Å². The van der Waals surface area contributed by atoms with Crippen molar-refractivity contribution in [1.82, 2.24) is 0 Å². The van der Waals surface area contributed by atoms with Crippen molar-refractivity contribution in [3.05, 3.63) is 23.3 Å². The highest BCUT2D eigenvalue weighted by molar-refractivity contribution is 5.47. The molecule has 0 aromatic heterocycles. The highest BCUT2D eigenvalue weighted by Crippen LogP contribution is 2.28. The minimum atomic E-state index is -0.331. The Hall–Kier alpha value is -1.18. The van der Waals surface area contributed by atoms with Crippen LogP contribution in [0.5, 0.6) is 11.5 Å². The lowest BCUT2D eigenvalue weighted by Gasteiger charge is -2.24. The van der Waals surface area contributed by atoms with Crippen LogP contribution >= 0.6 is 0 Å². The molecule has 0 radical (unpaired) electrons. The van der Waals surface area contributed by atoms with E-state index in [0.29, 0.717) is 11.1 Å². The molecule has 2 heteroatoms. The van der Waals surface area contributed by atoms with E-state index in [4.69, 9.17) is 0 Å². The second-order valence-corrected chi connectivity index (χ2v) is 4.01. The summed E-state index contributed by atoms with van der Waals surface area (Å²) < 4.78 is 0. The summed E-state index contributed by atoms with van der Waals surface area (Å²) in [5.74, 6) is -0.630. The zero-order valence-electron chi connectivity index (χ0n) is 9.51. The highest BCUT2D eigenvalue weighted by atomic mass is 16.3. The standard InChI is InChI=1S/C13H20O2/c1-3-4-5-6-7-11-9-8-10(2)12(14)13(11)15/h8-9,14-15H,3-7H2,1-2H3/p-2. The van der Waals surface area contributed by atoms with Gasteiger partial charge < -0.3 is 10.2 Å². The van der Waals surface area contributed by atoms with Crippen molar-refractivity contribution in [3.63, 3.8) is 0 Å². The molecule has 15 heavy (non-hydrogen) atoms. The number of hydrogen-bond donors (Lipinski definition) is 0. The summed E-state index contributed by atoms with van der Waals surface area (Å²) in [4.78, 5) is 0. The third-order valence-electron chi connectivity index (χ3n) is 2.69. The highest BCUT2D eigenvalue weighted by Gasteiger charge is 1.97. The molecular weight excluding hydrogens is 188 g/mol. The summed E-state index contributed by atoms with van der Waals surface area (Å²) in [6, 6.07) is 3.55. The van der Waals surface area contributed by atoms with Gasteiger partial charge in [0, 0.05) is 0 Å². The molecule has 0 saturated carbocycles. The van der Waals surface area contributed by atoms with Crippen molar-refractivity contribution < 1.29 is 10.2 Å². The first-order valence-corrected chi connectivity index (χ1v) is 5.63. The minimum Gasteiger partial charge on any atom is -0.873 e. The first-order chi connectivity index (χ1) is 7.16. The van der Waals surface area contributed by atoms with Gasteiger partial charge in [-0.25, -0.2) is 0 Å². The smallest absolute Gasteiger partial charge is 0.0285 e. The van der Waals surface area contributed by atoms with E-state index in [1.807, 2.05) is 0 Å². The van der Waals surface area contributed by atoms with Gasteiger partial charge in [-0.1, -0.05) is 49.4 Å². The van der Waals surface area contributed by atoms with Gasteiger partial charge in [-0.05, 0) is 19.8 Å². The Morgan fingerprint density at radius 1 is 1.00 bits per heavy atom. The van der Waals surface area contributed by atoms with Crippen molar-refractivity contribution >= 4 is 0 Å². The molecule has 0 aliphatic rings. The number of unbranched alkanes of at least 4 members (excludes halogenated alkanes) is 3. The molecule has 1 aromatic carbocycles. The predicted octanol–water partition coefficient (Wildman–Crippen LogP) is 2.27. The lowest BCUT2D eigenvalue weighted by molar-refractivity contribution is -0.318. The number of rotatable bonds is 5. The van der Waals surface area contributed by atoms with Gasteiger partial charge in [-0.3, -0.25) is 0 Å². The molecule has 0 atom stereocenters. The van der Waals surface area contributed by atoms with Gasteiger partial charge in [-0.15, -0.1) is 11.5 Å². The fourth-order valence-electron chi connectivity index (χ4n) is 1.64. The molecule has 1 rings (SSSR count). The maximum absolute atomic E-state index is 11.5. The Morgan fingerprint density at radius 2 is 1.73 bits per heavy atom. The maximum Gasteiger partial charge on any atom is -0.0285 e. The fourth-order valence-corrected chi connectivity index (χ4v) is 1.64. The van der Waals surface area contributed by atoms with Gasteiger partial charge in [0.05, 0.1) is 0 Å². The molecule has 0 amide bonds. The van der Waals surface area contributed by atoms with Crippen molar-refractivity contribution in [2.24, 2.45) is 0 Å². The molecule has 0 aliphatic carbocycles. The van der Waals surface area contributed by atoms with E-state index in [-0.39, 0.29) is 11.5 Å². The van der Waals surface area contributed by atoms with E-state index < -0.39 is 0 Å². The number of benzene rings is 1. The quantitative estimate of drug-likeness (QED) is 0.694. The monoisotopic (exact) mass is 206 g/mol. The molecule has 0 saturated heterocycles. The molecule has 84 valence electrons. The second kappa shape index (κ2) is 5.64. The Balaban J connectivity index is 2.58. The fraction of sp³-hybridized carbons (Fsp3) is 0.538. The third kappa shape index (κ3) is 3.15. The molecule has 1 aromatic rings. The zero-order chi connectivity index (χ0) is 11.3. The van der Waals surface area contributed by atoms with E-state index >= 15 is 0 Å². The molecule has 0 spiro atoms. The van der Waals surface area contributed by atoms with Crippen molar-refractivity contribution in [2.75, 3.05) is 0 Å². The van der Waals surface area contributed by atoms with Gasteiger partial charge in [0.25, 0.3) is 0 Å². The minimum absolute atomic E-state index is 0.300. The summed E-state index contributed by atoms with van der Waals surface area (Å²) >= 11 is 0. The first kappa shape index (κ1) is 11.9. The molecule has 0 fully saturated rings. The average Bonchev–Trinajstić information content (AvgIpc) is 2.24. The Labute approximate surface area is 91.6 Å². The van der Waals surface area contributed by atoms with Crippen molar-refractivity contribution in [2.45, 2.75) is 46.0 Å². The first-order valence-electron chi connectivity index (χ1n) is 5.63. The number of hydrogen-bond acceptors (Lipinski definition) is 2. The van der Waals surface area contributed by atoms with Crippen molar-refractivity contribution in [1.29, 1.82) is 0 Å². The SMILES string of the molecule is CCCCCCc1ccc(C)c([O-])c1[O-]. The van der Waals surface area contributed by atoms with E-state index in [1.54, 1.807) is 19.1 Å². The molecule has 0 unspecified atom stereocenters. The predicted molar refractivity (Wildman–Crippen MR) is 57.9 cm³/mol. The van der Waals surface area contributed by atoms with Crippen LogP contribution in [-0.2, 0) is 6.42 Å². The molecular formula is C13H18O2-2. The van der Waals surface area contributed by atoms with Gasteiger partial charge >= 0.3 is 0 Å². The maximum atomic E-state index is 11.5. The Bertz CT molecular complexity index is 319. The van der Waals surface area contributed by atoms with Crippen LogP contribution in [0.1, 0.15) is 43.7 Å². The molecule has 0 N–H and O–H groups in total. The summed E-state index contributed by atoms with van der Waals surface area (Å²) in [5, 5.41) is 22.9. The van der Waals surface area contributed by atoms with Gasteiger partial charge in [-0.2, -0.15) is 0 Å². The van der Waals surface area contributed by atoms with E-state index in [0.717, 1.165) is 19.3 Å². The van der Waals surface area contributed by atoms with Crippen LogP contribution in [0, 0.1) is 6.92 Å². The van der Waals surface area contributed by atoms with Crippen LogP contribution in [0.4, 0.5) is 0 Å². The lowest BCUT2D eigenvalue weighted by Crippen LogP contribution is -2.05. The molecule has 0 heterocycles. The topological polar surface area (TPSA) is 46.1 Å². The van der Waals surface area contributed by atoms with Crippen LogP contribution in [0.3, 0.4) is 0 Å². The Kier molecular flexibility index (Phi) is 4.47. The van der Waals surface area contributed by atoms with Crippen LogP contribution in [0.25, 0.3) is 0 Å². The van der Waals surface area contributed by atoms with Gasteiger partial charge in [0.2, 0.25) is 0 Å². The summed E-state index contributed by atoms with van der Waals surface area (Å²) in [6.45, 7) is 3.84. The number of aryl methyl sites for hydroxylation is 2. The molecule has 0 aliphatic heterocycles. The second-order valence-electron chi connectivity index (χ2n) is 4.01. The van der Waals surface area contributed by atoms with Crippen LogP contribution < -0.4 is 10.2 Å².